The zero-order chi connectivity index (χ0) is 13.7. The summed E-state index contributed by atoms with van der Waals surface area (Å²) in [6.07, 6.45) is 2.30. The molecule has 2 aromatic carbocycles. The minimum atomic E-state index is 0.222. The Bertz CT molecular complexity index is 686. The Kier molecular flexibility index (Phi) is 2.56. The first-order valence-corrected chi connectivity index (χ1v) is 7.45. The minimum absolute atomic E-state index is 0.222. The van der Waals surface area contributed by atoms with Crippen LogP contribution in [-0.2, 0) is 6.42 Å². The van der Waals surface area contributed by atoms with Crippen LogP contribution in [0, 0.1) is 18.8 Å². The third kappa shape index (κ3) is 1.66. The predicted octanol–water partition coefficient (Wildman–Crippen LogP) is 4.15. The van der Waals surface area contributed by atoms with Gasteiger partial charge < -0.3 is 0 Å². The number of fused-ring (bicyclic) bond motifs is 3. The van der Waals surface area contributed by atoms with Gasteiger partial charge in [-0.05, 0) is 48.3 Å². The highest BCUT2D eigenvalue weighted by Crippen LogP contribution is 2.60. The summed E-state index contributed by atoms with van der Waals surface area (Å²) in [4.78, 5) is 12.8. The largest absolute Gasteiger partial charge is 0.294 e. The van der Waals surface area contributed by atoms with Crippen LogP contribution in [0.4, 0.5) is 0 Å². The van der Waals surface area contributed by atoms with Crippen LogP contribution in [0.15, 0.2) is 48.5 Å². The highest BCUT2D eigenvalue weighted by molar-refractivity contribution is 6.02. The topological polar surface area (TPSA) is 17.1 Å². The first kappa shape index (κ1) is 11.9. The summed E-state index contributed by atoms with van der Waals surface area (Å²) in [7, 11) is 0. The van der Waals surface area contributed by atoms with Crippen molar-refractivity contribution >= 4 is 5.78 Å². The van der Waals surface area contributed by atoms with Crippen LogP contribution >= 0.6 is 0 Å². The Labute approximate surface area is 119 Å². The summed E-state index contributed by atoms with van der Waals surface area (Å²) in [5.74, 6) is 1.64. The molecule has 3 unspecified atom stereocenters. The van der Waals surface area contributed by atoms with Gasteiger partial charge in [-0.3, -0.25) is 4.79 Å². The number of aryl methyl sites for hydroxylation is 2. The molecule has 20 heavy (non-hydrogen) atoms. The van der Waals surface area contributed by atoms with Crippen LogP contribution in [0.3, 0.4) is 0 Å². The molecular formula is C19H18O. The molecule has 0 saturated heterocycles. The smallest absolute Gasteiger partial charge is 0.167 e. The molecule has 4 rings (SSSR count). The molecule has 0 amide bonds. The number of hydrogen-bond acceptors (Lipinski definition) is 1. The average Bonchev–Trinajstić information content (AvgIpc) is 3.22. The monoisotopic (exact) mass is 262 g/mol. The molecule has 0 bridgehead atoms. The van der Waals surface area contributed by atoms with Crippen molar-refractivity contribution in [1.82, 2.24) is 0 Å². The highest BCUT2D eigenvalue weighted by atomic mass is 16.1. The Hall–Kier alpha value is -1.89. The number of Topliss-reactive ketones (excluding diaryl/α,β-unsaturated/α-hetero) is 1. The molecule has 0 N–H and O–H groups in total. The van der Waals surface area contributed by atoms with Crippen LogP contribution in [0.2, 0.25) is 0 Å². The van der Waals surface area contributed by atoms with E-state index in [1.54, 1.807) is 0 Å². The van der Waals surface area contributed by atoms with Gasteiger partial charge in [-0.1, -0.05) is 48.5 Å². The molecule has 0 radical (unpaired) electrons. The predicted molar refractivity (Wildman–Crippen MR) is 80.0 cm³/mol. The molecular weight excluding hydrogens is 244 g/mol. The Morgan fingerprint density at radius 2 is 1.80 bits per heavy atom. The van der Waals surface area contributed by atoms with E-state index in [2.05, 4.69) is 24.3 Å². The number of hydrogen-bond donors (Lipinski definition) is 0. The summed E-state index contributed by atoms with van der Waals surface area (Å²) >= 11 is 0. The molecule has 1 nitrogen and oxygen atoms in total. The van der Waals surface area contributed by atoms with Crippen molar-refractivity contribution < 1.29 is 4.79 Å². The van der Waals surface area contributed by atoms with Crippen LogP contribution in [0.1, 0.15) is 39.4 Å². The summed E-state index contributed by atoms with van der Waals surface area (Å²) in [5.41, 5.74) is 4.91. The van der Waals surface area contributed by atoms with Crippen molar-refractivity contribution in [2.45, 2.75) is 25.7 Å². The lowest BCUT2D eigenvalue weighted by Gasteiger charge is -2.13. The van der Waals surface area contributed by atoms with Crippen LogP contribution in [-0.4, -0.2) is 5.78 Å². The van der Waals surface area contributed by atoms with E-state index >= 15 is 0 Å². The maximum absolute atomic E-state index is 12.8. The van der Waals surface area contributed by atoms with Crippen molar-refractivity contribution in [2.24, 2.45) is 11.8 Å². The first-order chi connectivity index (χ1) is 9.77. The van der Waals surface area contributed by atoms with Gasteiger partial charge in [0.15, 0.2) is 5.78 Å². The standard InChI is InChI=1S/C19H18O/c1-12-6-2-4-8-14(12)19(20)18-16-11-10-13-7-3-5-9-15(13)17(16)18/h2-9,16-18H,10-11H2,1H3. The van der Waals surface area contributed by atoms with Crippen LogP contribution in [0.5, 0.6) is 0 Å². The molecule has 2 aromatic rings. The molecule has 0 heterocycles. The summed E-state index contributed by atoms with van der Waals surface area (Å²) < 4.78 is 0. The molecule has 1 fully saturated rings. The first-order valence-electron chi connectivity index (χ1n) is 7.45. The van der Waals surface area contributed by atoms with E-state index in [0.717, 1.165) is 17.5 Å². The second-order valence-corrected chi connectivity index (χ2v) is 6.13. The molecule has 0 spiro atoms. The van der Waals surface area contributed by atoms with Crippen LogP contribution < -0.4 is 0 Å². The van der Waals surface area contributed by atoms with Gasteiger partial charge in [0.2, 0.25) is 0 Å². The van der Waals surface area contributed by atoms with E-state index in [1.807, 2.05) is 31.2 Å². The van der Waals surface area contributed by atoms with Gasteiger partial charge in [0, 0.05) is 11.5 Å². The van der Waals surface area contributed by atoms with Gasteiger partial charge >= 0.3 is 0 Å². The Morgan fingerprint density at radius 3 is 2.65 bits per heavy atom. The SMILES string of the molecule is Cc1ccccc1C(=O)C1C2CCc3ccccc3C21. The van der Waals surface area contributed by atoms with Crippen molar-refractivity contribution in [3.63, 3.8) is 0 Å². The highest BCUT2D eigenvalue weighted by Gasteiger charge is 2.56. The fraction of sp³-hybridized carbons (Fsp3) is 0.316. The summed E-state index contributed by atoms with van der Waals surface area (Å²) in [5, 5.41) is 0. The molecule has 3 atom stereocenters. The van der Waals surface area contributed by atoms with Crippen molar-refractivity contribution in [3.05, 3.63) is 70.8 Å². The molecule has 0 aliphatic heterocycles. The van der Waals surface area contributed by atoms with E-state index in [-0.39, 0.29) is 5.92 Å². The van der Waals surface area contributed by atoms with Gasteiger partial charge in [0.05, 0.1) is 0 Å². The van der Waals surface area contributed by atoms with Crippen molar-refractivity contribution in [2.75, 3.05) is 0 Å². The number of benzene rings is 2. The van der Waals surface area contributed by atoms with E-state index in [1.165, 1.54) is 17.5 Å². The lowest BCUT2D eigenvalue weighted by atomic mass is 9.92. The summed E-state index contributed by atoms with van der Waals surface area (Å²) in [6.45, 7) is 2.03. The average molecular weight is 262 g/mol. The molecule has 100 valence electrons. The maximum atomic E-state index is 12.8. The van der Waals surface area contributed by atoms with Gasteiger partial charge in [-0.15, -0.1) is 0 Å². The van der Waals surface area contributed by atoms with Gasteiger partial charge in [0.25, 0.3) is 0 Å². The van der Waals surface area contributed by atoms with Crippen molar-refractivity contribution in [1.29, 1.82) is 0 Å². The minimum Gasteiger partial charge on any atom is -0.294 e. The molecule has 1 saturated carbocycles. The molecule has 2 aliphatic carbocycles. The molecule has 0 aromatic heterocycles. The van der Waals surface area contributed by atoms with Crippen LogP contribution in [0.25, 0.3) is 0 Å². The second-order valence-electron chi connectivity index (χ2n) is 6.13. The maximum Gasteiger partial charge on any atom is 0.167 e. The zero-order valence-electron chi connectivity index (χ0n) is 11.7. The zero-order valence-corrected chi connectivity index (χ0v) is 11.7. The number of carbonyl (C=O) groups is 1. The quantitative estimate of drug-likeness (QED) is 0.743. The van der Waals surface area contributed by atoms with E-state index < -0.39 is 0 Å². The lowest BCUT2D eigenvalue weighted by Crippen LogP contribution is -2.06. The van der Waals surface area contributed by atoms with Gasteiger partial charge in [-0.2, -0.15) is 0 Å². The van der Waals surface area contributed by atoms with E-state index in [0.29, 0.717) is 17.6 Å². The van der Waals surface area contributed by atoms with E-state index in [4.69, 9.17) is 0 Å². The number of carbonyl (C=O) groups excluding carboxylic acids is 1. The van der Waals surface area contributed by atoms with Gasteiger partial charge in [0.1, 0.15) is 0 Å². The Morgan fingerprint density at radius 1 is 1.05 bits per heavy atom. The second kappa shape index (κ2) is 4.31. The third-order valence-electron chi connectivity index (χ3n) is 5.04. The van der Waals surface area contributed by atoms with Gasteiger partial charge in [-0.25, -0.2) is 0 Å². The molecule has 1 heteroatoms. The summed E-state index contributed by atoms with van der Waals surface area (Å²) in [6, 6.07) is 16.6. The molecule has 2 aliphatic rings. The normalized spacial score (nSPS) is 26.6. The Balaban J connectivity index is 1.68. The van der Waals surface area contributed by atoms with E-state index in [9.17, 15) is 4.79 Å². The van der Waals surface area contributed by atoms with Crippen molar-refractivity contribution in [3.8, 4) is 0 Å². The fourth-order valence-corrected chi connectivity index (χ4v) is 3.95. The third-order valence-corrected chi connectivity index (χ3v) is 5.04. The fourth-order valence-electron chi connectivity index (χ4n) is 3.95. The number of ketones is 1. The number of rotatable bonds is 2. The lowest BCUT2D eigenvalue weighted by molar-refractivity contribution is 0.0958.